The zero-order chi connectivity index (χ0) is 10.8. The molecule has 1 aromatic carbocycles. The van der Waals surface area contributed by atoms with Gasteiger partial charge in [0.25, 0.3) is 0 Å². The molecule has 0 radical (unpaired) electrons. The van der Waals surface area contributed by atoms with Crippen LogP contribution in [-0.4, -0.2) is 9.97 Å². The van der Waals surface area contributed by atoms with Gasteiger partial charge in [0.15, 0.2) is 0 Å². The van der Waals surface area contributed by atoms with Crippen molar-refractivity contribution in [3.05, 3.63) is 46.2 Å². The lowest BCUT2D eigenvalue weighted by atomic mass is 10.1. The first-order chi connectivity index (χ1) is 7.16. The molecule has 2 aromatic rings. The van der Waals surface area contributed by atoms with E-state index in [4.69, 9.17) is 23.8 Å². The van der Waals surface area contributed by atoms with Crippen molar-refractivity contribution in [1.82, 2.24) is 9.97 Å². The molecule has 0 aliphatic rings. The molecule has 2 nitrogen and oxygen atoms in total. The SMILES string of the molecule is Fc1cc(Cl)cc(-c2cnc[nH]c2=S)c1. The number of H-pyrrole nitrogens is 1. The average Bonchev–Trinajstić information content (AvgIpc) is 2.16. The van der Waals surface area contributed by atoms with Gasteiger partial charge in [0.2, 0.25) is 0 Å². The molecule has 15 heavy (non-hydrogen) atoms. The van der Waals surface area contributed by atoms with E-state index >= 15 is 0 Å². The molecule has 0 amide bonds. The lowest BCUT2D eigenvalue weighted by molar-refractivity contribution is 0.628. The van der Waals surface area contributed by atoms with Crippen LogP contribution in [0.5, 0.6) is 0 Å². The predicted molar refractivity (Wildman–Crippen MR) is 59.8 cm³/mol. The molecule has 1 aromatic heterocycles. The maximum Gasteiger partial charge on any atom is 0.125 e. The number of benzene rings is 1. The molecule has 1 N–H and O–H groups in total. The van der Waals surface area contributed by atoms with Crippen molar-refractivity contribution in [2.45, 2.75) is 0 Å². The van der Waals surface area contributed by atoms with Crippen LogP contribution in [0.4, 0.5) is 4.39 Å². The molecule has 0 aliphatic heterocycles. The Labute approximate surface area is 95.8 Å². The third kappa shape index (κ3) is 2.22. The fourth-order valence-electron chi connectivity index (χ4n) is 1.26. The minimum absolute atomic E-state index is 0.336. The van der Waals surface area contributed by atoms with E-state index in [9.17, 15) is 4.39 Å². The Balaban J connectivity index is 2.64. The molecule has 0 unspecified atom stereocenters. The zero-order valence-electron chi connectivity index (χ0n) is 7.50. The van der Waals surface area contributed by atoms with Crippen molar-refractivity contribution in [3.63, 3.8) is 0 Å². The van der Waals surface area contributed by atoms with Crippen molar-refractivity contribution in [2.24, 2.45) is 0 Å². The van der Waals surface area contributed by atoms with Crippen LogP contribution in [0, 0.1) is 10.5 Å². The second-order valence-electron chi connectivity index (χ2n) is 2.95. The summed E-state index contributed by atoms with van der Waals surface area (Å²) in [6.07, 6.45) is 3.05. The molecule has 0 fully saturated rings. The van der Waals surface area contributed by atoms with E-state index in [1.54, 1.807) is 12.3 Å². The number of hydrogen-bond acceptors (Lipinski definition) is 2. The molecule has 76 valence electrons. The number of rotatable bonds is 1. The van der Waals surface area contributed by atoms with E-state index in [2.05, 4.69) is 9.97 Å². The fraction of sp³-hybridized carbons (Fsp3) is 0. The summed E-state index contributed by atoms with van der Waals surface area (Å²) in [5.74, 6) is -0.393. The van der Waals surface area contributed by atoms with E-state index in [1.807, 2.05) is 0 Å². The highest BCUT2D eigenvalue weighted by Crippen LogP contribution is 2.23. The first-order valence-corrected chi connectivity index (χ1v) is 4.94. The van der Waals surface area contributed by atoms with Gasteiger partial charge in [-0.2, -0.15) is 0 Å². The molecule has 1 heterocycles. The molecule has 0 saturated heterocycles. The second-order valence-corrected chi connectivity index (χ2v) is 3.80. The second kappa shape index (κ2) is 4.08. The number of hydrogen-bond donors (Lipinski definition) is 1. The summed E-state index contributed by atoms with van der Waals surface area (Å²) in [6.45, 7) is 0. The number of nitrogens with zero attached hydrogens (tertiary/aromatic N) is 1. The van der Waals surface area contributed by atoms with Gasteiger partial charge in [0.05, 0.1) is 6.33 Å². The Kier molecular flexibility index (Phi) is 2.79. The Bertz CT molecular complexity index is 533. The van der Waals surface area contributed by atoms with E-state index in [0.29, 0.717) is 20.8 Å². The average molecular weight is 241 g/mol. The van der Waals surface area contributed by atoms with Crippen LogP contribution < -0.4 is 0 Å². The highest BCUT2D eigenvalue weighted by atomic mass is 35.5. The van der Waals surface area contributed by atoms with Crippen LogP contribution in [0.15, 0.2) is 30.7 Å². The zero-order valence-corrected chi connectivity index (χ0v) is 9.07. The molecule has 5 heteroatoms. The monoisotopic (exact) mass is 240 g/mol. The standard InChI is InChI=1S/C10H6ClFN2S/c11-7-1-6(2-8(12)3-7)9-4-13-5-14-10(9)15/h1-5H,(H,13,14,15). The quantitative estimate of drug-likeness (QED) is 0.772. The van der Waals surface area contributed by atoms with Crippen LogP contribution in [0.25, 0.3) is 11.1 Å². The van der Waals surface area contributed by atoms with Crippen molar-refractivity contribution >= 4 is 23.8 Å². The Hall–Kier alpha value is -1.26. The first kappa shape index (κ1) is 10.3. The summed E-state index contributed by atoms with van der Waals surface area (Å²) < 4.78 is 13.6. The highest BCUT2D eigenvalue weighted by molar-refractivity contribution is 7.71. The summed E-state index contributed by atoms with van der Waals surface area (Å²) in [4.78, 5) is 6.67. The predicted octanol–water partition coefficient (Wildman–Crippen LogP) is 3.60. The molecule has 0 atom stereocenters. The molecule has 0 bridgehead atoms. The maximum absolute atomic E-state index is 13.1. The van der Waals surface area contributed by atoms with E-state index in [1.165, 1.54) is 18.5 Å². The Morgan fingerprint density at radius 1 is 1.33 bits per heavy atom. The van der Waals surface area contributed by atoms with E-state index in [-0.39, 0.29) is 0 Å². The Morgan fingerprint density at radius 3 is 2.80 bits per heavy atom. The Morgan fingerprint density at radius 2 is 2.13 bits per heavy atom. The minimum Gasteiger partial charge on any atom is -0.337 e. The van der Waals surface area contributed by atoms with E-state index in [0.717, 1.165) is 0 Å². The van der Waals surface area contributed by atoms with Gasteiger partial charge in [-0.05, 0) is 23.8 Å². The number of aromatic nitrogens is 2. The molecule has 2 rings (SSSR count). The summed E-state index contributed by atoms with van der Waals surface area (Å²) in [5, 5.41) is 0.336. The summed E-state index contributed by atoms with van der Waals surface area (Å²) in [5.41, 5.74) is 1.28. The third-order valence-corrected chi connectivity index (χ3v) is 2.45. The molecule has 0 aliphatic carbocycles. The smallest absolute Gasteiger partial charge is 0.125 e. The normalized spacial score (nSPS) is 10.3. The number of aromatic amines is 1. The van der Waals surface area contributed by atoms with Crippen LogP contribution in [-0.2, 0) is 0 Å². The maximum atomic E-state index is 13.1. The van der Waals surface area contributed by atoms with Gasteiger partial charge in [0, 0.05) is 16.8 Å². The summed E-state index contributed by atoms with van der Waals surface area (Å²) >= 11 is 10.8. The number of halogens is 2. The lowest BCUT2D eigenvalue weighted by Gasteiger charge is -2.02. The van der Waals surface area contributed by atoms with Crippen molar-refractivity contribution < 1.29 is 4.39 Å². The highest BCUT2D eigenvalue weighted by Gasteiger charge is 2.03. The van der Waals surface area contributed by atoms with Gasteiger partial charge in [-0.25, -0.2) is 9.37 Å². The molecule has 0 spiro atoms. The molecular formula is C10H6ClFN2S. The van der Waals surface area contributed by atoms with Gasteiger partial charge < -0.3 is 4.98 Å². The topological polar surface area (TPSA) is 28.7 Å². The van der Waals surface area contributed by atoms with E-state index < -0.39 is 5.82 Å². The summed E-state index contributed by atoms with van der Waals surface area (Å²) in [7, 11) is 0. The van der Waals surface area contributed by atoms with Crippen LogP contribution in [0.1, 0.15) is 0 Å². The van der Waals surface area contributed by atoms with Crippen molar-refractivity contribution in [2.75, 3.05) is 0 Å². The fourth-order valence-corrected chi connectivity index (χ4v) is 1.70. The van der Waals surface area contributed by atoms with Crippen LogP contribution in [0.3, 0.4) is 0 Å². The largest absolute Gasteiger partial charge is 0.337 e. The van der Waals surface area contributed by atoms with Gasteiger partial charge in [-0.15, -0.1) is 0 Å². The molecule has 0 saturated carbocycles. The van der Waals surface area contributed by atoms with Crippen molar-refractivity contribution in [1.29, 1.82) is 0 Å². The third-order valence-electron chi connectivity index (χ3n) is 1.89. The van der Waals surface area contributed by atoms with Gasteiger partial charge >= 0.3 is 0 Å². The summed E-state index contributed by atoms with van der Waals surface area (Å²) in [6, 6.07) is 4.26. The van der Waals surface area contributed by atoms with Gasteiger partial charge in [0.1, 0.15) is 10.5 Å². The first-order valence-electron chi connectivity index (χ1n) is 4.16. The minimum atomic E-state index is -0.393. The molecular weight excluding hydrogens is 235 g/mol. The number of nitrogens with one attached hydrogen (secondary N) is 1. The lowest BCUT2D eigenvalue weighted by Crippen LogP contribution is -1.86. The van der Waals surface area contributed by atoms with Gasteiger partial charge in [-0.3, -0.25) is 0 Å². The van der Waals surface area contributed by atoms with Crippen LogP contribution in [0.2, 0.25) is 5.02 Å². The van der Waals surface area contributed by atoms with Crippen LogP contribution >= 0.6 is 23.8 Å². The van der Waals surface area contributed by atoms with Gasteiger partial charge in [-0.1, -0.05) is 23.8 Å². The van der Waals surface area contributed by atoms with Crippen molar-refractivity contribution in [3.8, 4) is 11.1 Å².